The molecule has 2 aromatic rings. The first-order valence-corrected chi connectivity index (χ1v) is 8.35. The Bertz CT molecular complexity index is 728. The van der Waals surface area contributed by atoms with Crippen LogP contribution in [0.15, 0.2) is 30.9 Å². The predicted octanol–water partition coefficient (Wildman–Crippen LogP) is 1.40. The Labute approximate surface area is 148 Å². The zero-order valence-corrected chi connectivity index (χ0v) is 14.1. The molecule has 7 nitrogen and oxygen atoms in total. The van der Waals surface area contributed by atoms with E-state index in [0.29, 0.717) is 23.2 Å². The second-order valence-electron chi connectivity index (χ2n) is 5.87. The molecule has 2 N–H and O–H groups in total. The van der Waals surface area contributed by atoms with Crippen molar-refractivity contribution in [3.05, 3.63) is 46.5 Å². The van der Waals surface area contributed by atoms with Crippen LogP contribution in [0.5, 0.6) is 0 Å². The maximum atomic E-state index is 10.8. The maximum Gasteiger partial charge on any atom is 0.183 e. The van der Waals surface area contributed by atoms with Crippen molar-refractivity contribution >= 4 is 23.2 Å². The zero-order valence-electron chi connectivity index (χ0n) is 12.5. The number of hydrogen-bond donors (Lipinski definition) is 2. The summed E-state index contributed by atoms with van der Waals surface area (Å²) in [4.78, 5) is 3.97. The monoisotopic (exact) mass is 370 g/mol. The average Bonchev–Trinajstić information content (AvgIpc) is 3.17. The van der Waals surface area contributed by atoms with Crippen LogP contribution in [-0.4, -0.2) is 51.0 Å². The van der Waals surface area contributed by atoms with E-state index in [4.69, 9.17) is 32.7 Å². The molecular formula is C15H16Cl2N4O3. The summed E-state index contributed by atoms with van der Waals surface area (Å²) < 4.78 is 13.1. The van der Waals surface area contributed by atoms with Gasteiger partial charge in [0.05, 0.1) is 35.0 Å². The highest BCUT2D eigenvalue weighted by Gasteiger charge is 2.51. The van der Waals surface area contributed by atoms with Crippen molar-refractivity contribution in [2.24, 2.45) is 0 Å². The second-order valence-corrected chi connectivity index (χ2v) is 6.71. The first kappa shape index (κ1) is 16.3. The molecule has 4 rings (SSSR count). The van der Waals surface area contributed by atoms with Gasteiger partial charge < -0.3 is 19.9 Å². The highest BCUT2D eigenvalue weighted by molar-refractivity contribution is 6.31. The van der Waals surface area contributed by atoms with E-state index in [-0.39, 0.29) is 12.1 Å². The summed E-state index contributed by atoms with van der Waals surface area (Å²) in [5, 5.41) is 19.4. The molecule has 2 fully saturated rings. The molecule has 2 aliphatic rings. The van der Waals surface area contributed by atoms with Gasteiger partial charge in [0.15, 0.2) is 6.29 Å². The van der Waals surface area contributed by atoms with Crippen molar-refractivity contribution < 1.29 is 14.6 Å². The van der Waals surface area contributed by atoms with E-state index in [1.165, 1.54) is 6.20 Å². The number of aliphatic hydroxyl groups excluding tert-OH is 1. The van der Waals surface area contributed by atoms with Crippen molar-refractivity contribution in [1.82, 2.24) is 20.1 Å². The van der Waals surface area contributed by atoms with Gasteiger partial charge in [0.2, 0.25) is 0 Å². The fraction of sp³-hybridized carbons (Fsp3) is 0.467. The molecule has 0 radical (unpaired) electrons. The number of ether oxygens (including phenoxy) is 2. The zero-order chi connectivity index (χ0) is 16.7. The largest absolute Gasteiger partial charge is 0.389 e. The van der Waals surface area contributed by atoms with Crippen LogP contribution in [0.3, 0.4) is 0 Å². The summed E-state index contributed by atoms with van der Waals surface area (Å²) in [6.07, 6.45) is 4.94. The Morgan fingerprint density at radius 2 is 2.25 bits per heavy atom. The number of aliphatic hydroxyl groups is 1. The second kappa shape index (κ2) is 6.59. The number of aromatic nitrogens is 3. The number of nitrogens with zero attached hydrogens (tertiary/aromatic N) is 3. The number of pyridine rings is 1. The van der Waals surface area contributed by atoms with Crippen LogP contribution >= 0.6 is 23.2 Å². The molecule has 128 valence electrons. The van der Waals surface area contributed by atoms with Crippen LogP contribution in [0.1, 0.15) is 11.6 Å². The van der Waals surface area contributed by atoms with E-state index in [0.717, 1.165) is 5.56 Å². The van der Waals surface area contributed by atoms with Crippen LogP contribution in [0.2, 0.25) is 10.0 Å². The van der Waals surface area contributed by atoms with E-state index in [1.54, 1.807) is 23.3 Å². The maximum absolute atomic E-state index is 10.8. The third-order valence-electron chi connectivity index (χ3n) is 4.39. The molecule has 9 heteroatoms. The lowest BCUT2D eigenvalue weighted by Crippen LogP contribution is -2.57. The third kappa shape index (κ3) is 2.92. The number of fused-ring (bicyclic) bond motifs is 2. The Hall–Kier alpha value is -1.22. The minimum Gasteiger partial charge on any atom is -0.389 e. The minimum absolute atomic E-state index is 0.229. The van der Waals surface area contributed by atoms with Crippen molar-refractivity contribution in [2.45, 2.75) is 37.1 Å². The molecule has 2 saturated heterocycles. The highest BCUT2D eigenvalue weighted by Crippen LogP contribution is 2.36. The lowest BCUT2D eigenvalue weighted by molar-refractivity contribution is -0.168. The van der Waals surface area contributed by atoms with Crippen LogP contribution in [0.25, 0.3) is 0 Å². The van der Waals surface area contributed by atoms with Crippen molar-refractivity contribution in [1.29, 1.82) is 0 Å². The number of hydrogen-bond acceptors (Lipinski definition) is 6. The smallest absolute Gasteiger partial charge is 0.183 e. The SMILES string of the molecule is OC1C(NCc2ccncc2Cl)C2COC(O2)C1n1cc(Cl)cn1. The summed E-state index contributed by atoms with van der Waals surface area (Å²) in [6, 6.07) is 1.05. The Morgan fingerprint density at radius 3 is 3.00 bits per heavy atom. The summed E-state index contributed by atoms with van der Waals surface area (Å²) >= 11 is 12.1. The quantitative estimate of drug-likeness (QED) is 0.846. The lowest BCUT2D eigenvalue weighted by Gasteiger charge is -2.38. The molecule has 0 amide bonds. The molecule has 5 unspecified atom stereocenters. The molecule has 2 aromatic heterocycles. The van der Waals surface area contributed by atoms with Gasteiger partial charge in [-0.25, -0.2) is 0 Å². The van der Waals surface area contributed by atoms with Crippen LogP contribution in [0.4, 0.5) is 0 Å². The van der Waals surface area contributed by atoms with E-state index < -0.39 is 18.4 Å². The first-order valence-electron chi connectivity index (χ1n) is 7.60. The molecule has 5 atom stereocenters. The molecule has 2 bridgehead atoms. The van der Waals surface area contributed by atoms with Gasteiger partial charge in [0.1, 0.15) is 12.1 Å². The van der Waals surface area contributed by atoms with Gasteiger partial charge in [0.25, 0.3) is 0 Å². The molecule has 0 spiro atoms. The summed E-state index contributed by atoms with van der Waals surface area (Å²) in [6.45, 7) is 0.898. The predicted molar refractivity (Wildman–Crippen MR) is 86.8 cm³/mol. The van der Waals surface area contributed by atoms with E-state index in [1.807, 2.05) is 6.07 Å². The molecular weight excluding hydrogens is 355 g/mol. The number of halogens is 2. The van der Waals surface area contributed by atoms with Gasteiger partial charge in [-0.2, -0.15) is 5.10 Å². The third-order valence-corrected chi connectivity index (χ3v) is 4.93. The van der Waals surface area contributed by atoms with Crippen molar-refractivity contribution in [2.75, 3.05) is 6.61 Å². The van der Waals surface area contributed by atoms with Gasteiger partial charge in [-0.1, -0.05) is 23.2 Å². The van der Waals surface area contributed by atoms with Gasteiger partial charge in [0, 0.05) is 25.1 Å². The van der Waals surface area contributed by atoms with E-state index in [2.05, 4.69) is 15.4 Å². The van der Waals surface area contributed by atoms with Gasteiger partial charge in [-0.3, -0.25) is 9.67 Å². The molecule has 0 saturated carbocycles. The minimum atomic E-state index is -0.743. The summed E-state index contributed by atoms with van der Waals surface area (Å²) in [5.74, 6) is 0. The van der Waals surface area contributed by atoms with Crippen LogP contribution in [-0.2, 0) is 16.0 Å². The molecule has 24 heavy (non-hydrogen) atoms. The summed E-state index contributed by atoms with van der Waals surface area (Å²) in [7, 11) is 0. The number of rotatable bonds is 4. The fourth-order valence-electron chi connectivity index (χ4n) is 3.19. The topological polar surface area (TPSA) is 81.4 Å². The Morgan fingerprint density at radius 1 is 1.38 bits per heavy atom. The van der Waals surface area contributed by atoms with Crippen LogP contribution in [0, 0.1) is 0 Å². The van der Waals surface area contributed by atoms with Gasteiger partial charge in [-0.15, -0.1) is 0 Å². The molecule has 4 heterocycles. The van der Waals surface area contributed by atoms with Gasteiger partial charge >= 0.3 is 0 Å². The Balaban J connectivity index is 1.53. The average molecular weight is 371 g/mol. The Kier molecular flexibility index (Phi) is 4.46. The highest BCUT2D eigenvalue weighted by atomic mass is 35.5. The first-order chi connectivity index (χ1) is 11.6. The van der Waals surface area contributed by atoms with E-state index >= 15 is 0 Å². The fourth-order valence-corrected chi connectivity index (χ4v) is 3.52. The van der Waals surface area contributed by atoms with Gasteiger partial charge in [-0.05, 0) is 11.6 Å². The van der Waals surface area contributed by atoms with Crippen LogP contribution < -0.4 is 5.32 Å². The van der Waals surface area contributed by atoms with Crippen molar-refractivity contribution in [3.63, 3.8) is 0 Å². The summed E-state index contributed by atoms with van der Waals surface area (Å²) in [5.41, 5.74) is 0.901. The lowest BCUT2D eigenvalue weighted by atomic mass is 9.96. The molecule has 0 aliphatic carbocycles. The standard InChI is InChI=1S/C15H16Cl2N4O3/c16-9-4-20-21(6-9)13-14(22)12(11-7-23-15(13)24-11)19-3-8-1-2-18-5-10(8)17/h1-2,4-6,11-15,19,22H,3,7H2. The number of nitrogens with one attached hydrogen (secondary N) is 1. The van der Waals surface area contributed by atoms with E-state index in [9.17, 15) is 5.11 Å². The van der Waals surface area contributed by atoms with Crippen molar-refractivity contribution in [3.8, 4) is 0 Å². The molecule has 0 aromatic carbocycles. The molecule has 2 aliphatic heterocycles. The normalized spacial score (nSPS) is 32.2.